The van der Waals surface area contributed by atoms with Crippen molar-refractivity contribution in [1.29, 1.82) is 0 Å². The minimum atomic E-state index is -6.72. The second-order valence-electron chi connectivity index (χ2n) is 14.2. The van der Waals surface area contributed by atoms with Gasteiger partial charge in [-0.15, -0.1) is 0 Å². The van der Waals surface area contributed by atoms with Gasteiger partial charge in [0.05, 0.1) is 10.5 Å². The van der Waals surface area contributed by atoms with Crippen molar-refractivity contribution in [1.82, 2.24) is 0 Å². The van der Waals surface area contributed by atoms with Crippen molar-refractivity contribution in [2.75, 3.05) is 0 Å². The molecule has 0 saturated carbocycles. The molecule has 0 spiro atoms. The quantitative estimate of drug-likeness (QED) is 0.0537. The van der Waals surface area contributed by atoms with Gasteiger partial charge in [-0.3, -0.25) is 0 Å². The van der Waals surface area contributed by atoms with Crippen molar-refractivity contribution in [3.63, 3.8) is 0 Å². The normalized spacial score (nSPS) is 13.6. The smallest absolute Gasteiger partial charge is 0.422 e. The molecule has 308 valence electrons. The summed E-state index contributed by atoms with van der Waals surface area (Å²) in [4.78, 5) is 20.5. The molecular formula is C38H33F9O8S2. The summed E-state index contributed by atoms with van der Waals surface area (Å²) in [7, 11) is -9.37. The molecule has 4 aromatic carbocycles. The highest BCUT2D eigenvalue weighted by Crippen LogP contribution is 2.52. The first-order chi connectivity index (χ1) is 25.9. The zero-order chi connectivity index (χ0) is 43.1. The molecule has 1 atom stereocenters. The largest absolute Gasteiger partial charge is 0.744 e. The fraction of sp³-hybridized carbons (Fsp3) is 0.316. The van der Waals surface area contributed by atoms with Gasteiger partial charge < -0.3 is 18.8 Å². The molecule has 0 heterocycles. The van der Waals surface area contributed by atoms with Crippen LogP contribution >= 0.6 is 0 Å². The van der Waals surface area contributed by atoms with E-state index in [0.717, 1.165) is 24.3 Å². The number of esters is 2. The molecule has 0 aromatic heterocycles. The van der Waals surface area contributed by atoms with Crippen LogP contribution in [0.4, 0.5) is 39.5 Å². The molecule has 8 nitrogen and oxygen atoms in total. The SMILES string of the molecule is CC(C)(C)OC(=O)C(Oc1cccc(-c2ccc([S+](c3ccccc3)c3c(C(F)(F)F)cc(C(F)(F)F)c(S(=O)(=O)[O-])c3C(F)(F)F)cc2)c1)C(=O)OC(C)(C)C. The standard InChI is InChI=1S/C38H33F9O8S2/c1-34(2,3)54-32(48)29(33(49)55-35(4,5)6)53-23-12-10-11-22(19-23)21-15-17-25(18-16-21)56(24-13-8-7-9-14-24)30-26(36(39,40)41)20-27(37(42,43)44)31(57(50,51)52)28(30)38(45,46)47/h7-20,29H,1-6H3. The van der Waals surface area contributed by atoms with Gasteiger partial charge in [-0.1, -0.05) is 30.3 Å². The number of rotatable bonds is 9. The number of benzene rings is 4. The maximum absolute atomic E-state index is 14.8. The van der Waals surface area contributed by atoms with Gasteiger partial charge >= 0.3 is 30.5 Å². The number of halogens is 9. The summed E-state index contributed by atoms with van der Waals surface area (Å²) >= 11 is 0. The molecule has 57 heavy (non-hydrogen) atoms. The highest BCUT2D eigenvalue weighted by Gasteiger charge is 2.55. The fourth-order valence-electron chi connectivity index (χ4n) is 5.30. The molecule has 4 aromatic rings. The number of hydrogen-bond acceptors (Lipinski definition) is 8. The number of alkyl halides is 9. The van der Waals surface area contributed by atoms with Gasteiger partial charge in [0.1, 0.15) is 49.1 Å². The van der Waals surface area contributed by atoms with E-state index >= 15 is 0 Å². The van der Waals surface area contributed by atoms with E-state index in [0.29, 0.717) is 0 Å². The molecule has 0 aliphatic rings. The lowest BCUT2D eigenvalue weighted by molar-refractivity contribution is -0.179. The predicted octanol–water partition coefficient (Wildman–Crippen LogP) is 9.84. The molecule has 0 amide bonds. The van der Waals surface area contributed by atoms with E-state index < -0.39 is 101 Å². The van der Waals surface area contributed by atoms with Gasteiger partial charge in [-0.2, -0.15) is 39.5 Å². The average molecular weight is 853 g/mol. The van der Waals surface area contributed by atoms with Crippen molar-refractivity contribution in [3.05, 3.63) is 102 Å². The van der Waals surface area contributed by atoms with Gasteiger partial charge in [-0.25, -0.2) is 18.0 Å². The number of carbonyl (C=O) groups excluding carboxylic acids is 2. The Morgan fingerprint density at radius 2 is 1.11 bits per heavy atom. The highest BCUT2D eigenvalue weighted by atomic mass is 32.2. The van der Waals surface area contributed by atoms with E-state index in [4.69, 9.17) is 14.2 Å². The van der Waals surface area contributed by atoms with E-state index in [2.05, 4.69) is 0 Å². The second kappa shape index (κ2) is 15.9. The van der Waals surface area contributed by atoms with E-state index in [1.165, 1.54) is 54.6 Å². The Bertz CT molecular complexity index is 2190. The first-order valence-electron chi connectivity index (χ1n) is 16.4. The predicted molar refractivity (Wildman–Crippen MR) is 186 cm³/mol. The van der Waals surface area contributed by atoms with Crippen molar-refractivity contribution in [3.8, 4) is 16.9 Å². The summed E-state index contributed by atoms with van der Waals surface area (Å²) in [6.45, 7) is 9.34. The summed E-state index contributed by atoms with van der Waals surface area (Å²) in [5, 5.41) is 0. The maximum Gasteiger partial charge on any atom is 0.422 e. The van der Waals surface area contributed by atoms with Crippen LogP contribution in [0.5, 0.6) is 5.75 Å². The zero-order valence-corrected chi connectivity index (χ0v) is 32.3. The van der Waals surface area contributed by atoms with Gasteiger partial charge in [0.25, 0.3) is 6.10 Å². The topological polar surface area (TPSA) is 119 Å². The minimum absolute atomic E-state index is 0.0666. The lowest BCUT2D eigenvalue weighted by atomic mass is 10.0. The van der Waals surface area contributed by atoms with Crippen LogP contribution in [0.2, 0.25) is 0 Å². The molecule has 0 radical (unpaired) electrons. The molecule has 19 heteroatoms. The van der Waals surface area contributed by atoms with Crippen molar-refractivity contribution in [2.45, 2.75) is 97.0 Å². The number of ether oxygens (including phenoxy) is 3. The Labute approximate surface area is 324 Å². The molecular weight excluding hydrogens is 820 g/mol. The summed E-state index contributed by atoms with van der Waals surface area (Å²) in [5.74, 6) is -2.22. The van der Waals surface area contributed by atoms with Crippen LogP contribution in [-0.2, 0) is 58.6 Å². The summed E-state index contributed by atoms with van der Waals surface area (Å²) in [6.07, 6.45) is -20.2. The highest BCUT2D eigenvalue weighted by molar-refractivity contribution is 7.97. The third-order valence-corrected chi connectivity index (χ3v) is 10.6. The molecule has 0 bridgehead atoms. The summed E-state index contributed by atoms with van der Waals surface area (Å²) < 4.78 is 183. The number of hydrogen-bond donors (Lipinski definition) is 0. The first-order valence-corrected chi connectivity index (χ1v) is 19.0. The van der Waals surface area contributed by atoms with Crippen molar-refractivity contribution < 1.29 is 76.3 Å². The fourth-order valence-corrected chi connectivity index (χ4v) is 8.67. The molecule has 0 aliphatic heterocycles. The number of carbonyl (C=O) groups is 2. The molecule has 0 fully saturated rings. The van der Waals surface area contributed by atoms with E-state index in [9.17, 15) is 62.1 Å². The Balaban J connectivity index is 1.93. The van der Waals surface area contributed by atoms with Gasteiger partial charge in [-0.05, 0) is 107 Å². The average Bonchev–Trinajstić information content (AvgIpc) is 3.04. The van der Waals surface area contributed by atoms with Crippen LogP contribution in [0.15, 0.2) is 105 Å². The Morgan fingerprint density at radius 1 is 0.614 bits per heavy atom. The van der Waals surface area contributed by atoms with Crippen LogP contribution in [0.1, 0.15) is 58.2 Å². The summed E-state index contributed by atoms with van der Waals surface area (Å²) in [5.41, 5.74) is -9.81. The van der Waals surface area contributed by atoms with Crippen molar-refractivity contribution >= 4 is 33.0 Å². The van der Waals surface area contributed by atoms with Crippen LogP contribution in [0, 0.1) is 0 Å². The lowest BCUT2D eigenvalue weighted by Gasteiger charge is -2.26. The van der Waals surface area contributed by atoms with Gasteiger partial charge in [0.15, 0.2) is 14.7 Å². The van der Waals surface area contributed by atoms with Crippen LogP contribution in [0.3, 0.4) is 0 Å². The van der Waals surface area contributed by atoms with Crippen LogP contribution < -0.4 is 4.74 Å². The van der Waals surface area contributed by atoms with E-state index in [-0.39, 0.29) is 26.7 Å². The van der Waals surface area contributed by atoms with Crippen LogP contribution in [0.25, 0.3) is 11.1 Å². The Hall–Kier alpha value is -4.75. The summed E-state index contributed by atoms with van der Waals surface area (Å²) in [6, 6.07) is 15.5. The molecule has 1 unspecified atom stereocenters. The minimum Gasteiger partial charge on any atom is -0.744 e. The molecule has 4 rings (SSSR count). The third kappa shape index (κ3) is 11.2. The Kier molecular flexibility index (Phi) is 12.5. The van der Waals surface area contributed by atoms with Gasteiger partial charge in [0.2, 0.25) is 0 Å². The van der Waals surface area contributed by atoms with E-state index in [1.807, 2.05) is 0 Å². The third-order valence-electron chi connectivity index (χ3n) is 7.31. The van der Waals surface area contributed by atoms with E-state index in [1.54, 1.807) is 41.5 Å². The lowest BCUT2D eigenvalue weighted by Crippen LogP contribution is -2.44. The zero-order valence-electron chi connectivity index (χ0n) is 30.6. The Morgan fingerprint density at radius 3 is 1.54 bits per heavy atom. The van der Waals surface area contributed by atoms with Crippen LogP contribution in [-0.4, -0.2) is 42.2 Å². The molecule has 0 aliphatic carbocycles. The second-order valence-corrected chi connectivity index (χ2v) is 17.5. The maximum atomic E-state index is 14.8. The molecule has 0 N–H and O–H groups in total. The van der Waals surface area contributed by atoms with Crippen molar-refractivity contribution in [2.24, 2.45) is 0 Å². The monoisotopic (exact) mass is 852 g/mol. The molecule has 0 saturated heterocycles. The first kappa shape index (κ1) is 45.0. The van der Waals surface area contributed by atoms with Gasteiger partial charge in [0, 0.05) is 0 Å².